The highest BCUT2D eigenvalue weighted by Crippen LogP contribution is 2.22. The third-order valence-electron chi connectivity index (χ3n) is 3.03. The summed E-state index contributed by atoms with van der Waals surface area (Å²) in [6.07, 6.45) is 1.93. The average Bonchev–Trinajstić information content (AvgIpc) is 2.29. The van der Waals surface area contributed by atoms with Crippen molar-refractivity contribution in [2.45, 2.75) is 39.7 Å². The highest BCUT2D eigenvalue weighted by atomic mass is 79.9. The van der Waals surface area contributed by atoms with Crippen molar-refractivity contribution in [1.82, 2.24) is 5.32 Å². The van der Waals surface area contributed by atoms with Gasteiger partial charge in [0.1, 0.15) is 5.82 Å². The van der Waals surface area contributed by atoms with Gasteiger partial charge in [-0.1, -0.05) is 32.9 Å². The first-order valence-electron chi connectivity index (χ1n) is 6.22. The lowest BCUT2D eigenvalue weighted by atomic mass is 9.96. The summed E-state index contributed by atoms with van der Waals surface area (Å²) in [7, 11) is 0. The summed E-state index contributed by atoms with van der Waals surface area (Å²) in [6, 6.07) is 5.73. The van der Waals surface area contributed by atoms with Gasteiger partial charge in [0.2, 0.25) is 0 Å². The van der Waals surface area contributed by atoms with E-state index < -0.39 is 0 Å². The Labute approximate surface area is 112 Å². The summed E-state index contributed by atoms with van der Waals surface area (Å²) in [6.45, 7) is 7.53. The van der Waals surface area contributed by atoms with Gasteiger partial charge < -0.3 is 5.32 Å². The van der Waals surface area contributed by atoms with Crippen LogP contribution in [-0.4, -0.2) is 12.6 Å². The fourth-order valence-electron chi connectivity index (χ4n) is 1.99. The first-order valence-corrected chi connectivity index (χ1v) is 7.01. The summed E-state index contributed by atoms with van der Waals surface area (Å²) < 4.78 is 14.0. The topological polar surface area (TPSA) is 12.0 Å². The molecule has 0 aliphatic rings. The average molecular weight is 302 g/mol. The molecule has 0 aromatic heterocycles. The molecule has 0 fully saturated rings. The van der Waals surface area contributed by atoms with Crippen molar-refractivity contribution >= 4 is 15.9 Å². The largest absolute Gasteiger partial charge is 0.314 e. The van der Waals surface area contributed by atoms with Crippen LogP contribution < -0.4 is 5.32 Å². The van der Waals surface area contributed by atoms with Gasteiger partial charge >= 0.3 is 0 Å². The van der Waals surface area contributed by atoms with Gasteiger partial charge in [-0.05, 0) is 52.9 Å². The number of hydrogen-bond donors (Lipinski definition) is 1. The quantitative estimate of drug-likeness (QED) is 0.832. The van der Waals surface area contributed by atoms with Crippen LogP contribution in [-0.2, 0) is 6.42 Å². The van der Waals surface area contributed by atoms with Crippen LogP contribution in [0.25, 0.3) is 0 Å². The van der Waals surface area contributed by atoms with E-state index in [0.717, 1.165) is 24.9 Å². The highest BCUT2D eigenvalue weighted by Gasteiger charge is 2.13. The molecular weight excluding hydrogens is 281 g/mol. The van der Waals surface area contributed by atoms with Crippen LogP contribution in [0.4, 0.5) is 4.39 Å². The first-order chi connectivity index (χ1) is 8.06. The van der Waals surface area contributed by atoms with Crippen LogP contribution in [0.1, 0.15) is 32.8 Å². The van der Waals surface area contributed by atoms with Crippen LogP contribution in [0.5, 0.6) is 0 Å². The second kappa shape index (κ2) is 7.12. The van der Waals surface area contributed by atoms with Gasteiger partial charge in [0.25, 0.3) is 0 Å². The van der Waals surface area contributed by atoms with Crippen molar-refractivity contribution < 1.29 is 4.39 Å². The maximum Gasteiger partial charge on any atom is 0.137 e. The molecule has 0 radical (unpaired) electrons. The molecule has 0 aliphatic carbocycles. The van der Waals surface area contributed by atoms with Crippen LogP contribution in [0.2, 0.25) is 0 Å². The van der Waals surface area contributed by atoms with Crippen molar-refractivity contribution in [3.05, 3.63) is 34.1 Å². The number of hydrogen-bond acceptors (Lipinski definition) is 1. The van der Waals surface area contributed by atoms with Gasteiger partial charge in [0, 0.05) is 6.04 Å². The standard InChI is InChI=1S/C14H21BrFN/c1-4-17-13(10(2)3)9-8-11-6-5-7-12(16)14(11)15/h5-7,10,13,17H,4,8-9H2,1-3H3. The van der Waals surface area contributed by atoms with E-state index >= 15 is 0 Å². The molecule has 0 aliphatic heterocycles. The second-order valence-corrected chi connectivity index (χ2v) is 5.45. The molecule has 1 unspecified atom stereocenters. The van der Waals surface area contributed by atoms with Crippen LogP contribution in [0, 0.1) is 11.7 Å². The normalized spacial score (nSPS) is 13.1. The molecule has 0 spiro atoms. The Balaban J connectivity index is 2.62. The lowest BCUT2D eigenvalue weighted by Crippen LogP contribution is -2.34. The fourth-order valence-corrected chi connectivity index (χ4v) is 2.45. The molecule has 1 rings (SSSR count). The van der Waals surface area contributed by atoms with Crippen molar-refractivity contribution in [3.8, 4) is 0 Å². The Bertz CT molecular complexity index is 352. The van der Waals surface area contributed by atoms with Gasteiger partial charge in [-0.25, -0.2) is 4.39 Å². The third-order valence-corrected chi connectivity index (χ3v) is 3.92. The Hall–Kier alpha value is -0.410. The monoisotopic (exact) mass is 301 g/mol. The Kier molecular flexibility index (Phi) is 6.14. The predicted octanol–water partition coefficient (Wildman–Crippen LogP) is 4.15. The smallest absolute Gasteiger partial charge is 0.137 e. The molecule has 1 N–H and O–H groups in total. The minimum absolute atomic E-state index is 0.174. The van der Waals surface area contributed by atoms with E-state index in [1.165, 1.54) is 6.07 Å². The molecule has 1 atom stereocenters. The van der Waals surface area contributed by atoms with E-state index in [4.69, 9.17) is 0 Å². The number of rotatable bonds is 6. The molecule has 3 heteroatoms. The SMILES string of the molecule is CCNC(CCc1cccc(F)c1Br)C(C)C. The zero-order valence-corrected chi connectivity index (χ0v) is 12.3. The van der Waals surface area contributed by atoms with E-state index in [0.29, 0.717) is 16.4 Å². The number of nitrogens with one attached hydrogen (secondary N) is 1. The molecule has 1 nitrogen and oxygen atoms in total. The zero-order valence-electron chi connectivity index (χ0n) is 10.8. The molecule has 1 aromatic carbocycles. The van der Waals surface area contributed by atoms with E-state index in [1.807, 2.05) is 6.07 Å². The Morgan fingerprint density at radius 2 is 2.06 bits per heavy atom. The highest BCUT2D eigenvalue weighted by molar-refractivity contribution is 9.10. The summed E-state index contributed by atoms with van der Waals surface area (Å²) >= 11 is 3.31. The second-order valence-electron chi connectivity index (χ2n) is 4.66. The molecule has 0 bridgehead atoms. The lowest BCUT2D eigenvalue weighted by molar-refractivity contribution is 0.385. The Morgan fingerprint density at radius 3 is 2.65 bits per heavy atom. The molecule has 0 saturated carbocycles. The van der Waals surface area contributed by atoms with Gasteiger partial charge in [-0.15, -0.1) is 0 Å². The molecule has 0 heterocycles. The fraction of sp³-hybridized carbons (Fsp3) is 0.571. The van der Waals surface area contributed by atoms with Crippen LogP contribution in [0.15, 0.2) is 22.7 Å². The van der Waals surface area contributed by atoms with Gasteiger partial charge in [-0.2, -0.15) is 0 Å². The lowest BCUT2D eigenvalue weighted by Gasteiger charge is -2.22. The van der Waals surface area contributed by atoms with Crippen molar-refractivity contribution in [1.29, 1.82) is 0 Å². The van der Waals surface area contributed by atoms with E-state index in [1.54, 1.807) is 6.07 Å². The summed E-state index contributed by atoms with van der Waals surface area (Å²) in [5.74, 6) is 0.425. The number of halogens is 2. The predicted molar refractivity (Wildman–Crippen MR) is 74.7 cm³/mol. The zero-order chi connectivity index (χ0) is 12.8. The molecule has 0 amide bonds. The molecule has 0 saturated heterocycles. The van der Waals surface area contributed by atoms with Crippen molar-refractivity contribution in [2.24, 2.45) is 5.92 Å². The third kappa shape index (κ3) is 4.40. The maximum absolute atomic E-state index is 13.3. The van der Waals surface area contributed by atoms with E-state index in [-0.39, 0.29) is 5.82 Å². The minimum atomic E-state index is -0.174. The summed E-state index contributed by atoms with van der Waals surface area (Å²) in [5.41, 5.74) is 1.05. The van der Waals surface area contributed by atoms with Gasteiger partial charge in [0.15, 0.2) is 0 Å². The van der Waals surface area contributed by atoms with Gasteiger partial charge in [0.05, 0.1) is 4.47 Å². The number of aryl methyl sites for hydroxylation is 1. The van der Waals surface area contributed by atoms with Crippen LogP contribution >= 0.6 is 15.9 Å². The van der Waals surface area contributed by atoms with Crippen LogP contribution in [0.3, 0.4) is 0 Å². The van der Waals surface area contributed by atoms with Gasteiger partial charge in [-0.3, -0.25) is 0 Å². The van der Waals surface area contributed by atoms with Crippen molar-refractivity contribution in [2.75, 3.05) is 6.54 Å². The van der Waals surface area contributed by atoms with E-state index in [2.05, 4.69) is 42.0 Å². The molecule has 96 valence electrons. The molecule has 1 aromatic rings. The Morgan fingerprint density at radius 1 is 1.35 bits per heavy atom. The molecular formula is C14H21BrFN. The molecule has 17 heavy (non-hydrogen) atoms. The van der Waals surface area contributed by atoms with Crippen molar-refractivity contribution in [3.63, 3.8) is 0 Å². The minimum Gasteiger partial charge on any atom is -0.314 e. The maximum atomic E-state index is 13.3. The van der Waals surface area contributed by atoms with E-state index in [9.17, 15) is 4.39 Å². The summed E-state index contributed by atoms with van der Waals surface area (Å²) in [4.78, 5) is 0. The number of benzene rings is 1. The first kappa shape index (κ1) is 14.7. The summed E-state index contributed by atoms with van der Waals surface area (Å²) in [5, 5.41) is 3.48.